The smallest absolute Gasteiger partial charge is 0.272 e. The van der Waals surface area contributed by atoms with Gasteiger partial charge in [-0.25, -0.2) is 4.68 Å². The summed E-state index contributed by atoms with van der Waals surface area (Å²) in [5, 5.41) is 19.7. The van der Waals surface area contributed by atoms with Gasteiger partial charge in [-0.05, 0) is 49.6 Å². The molecular weight excluding hydrogens is 424 g/mol. The number of aromatic nitrogens is 6. The minimum atomic E-state index is 0.00779. The Labute approximate surface area is 189 Å². The zero-order valence-electron chi connectivity index (χ0n) is 18.3. The van der Waals surface area contributed by atoms with E-state index in [1.807, 2.05) is 67.6 Å². The summed E-state index contributed by atoms with van der Waals surface area (Å²) < 4.78 is 3.47. The third kappa shape index (κ3) is 3.77. The van der Waals surface area contributed by atoms with Crippen LogP contribution in [-0.2, 0) is 7.05 Å². The molecule has 0 aliphatic carbocycles. The number of anilines is 1. The first kappa shape index (κ1) is 20.4. The molecule has 10 heteroatoms. The lowest BCUT2D eigenvalue weighted by Crippen LogP contribution is -2.49. The minimum Gasteiger partial charge on any atom is -0.352 e. The molecule has 0 saturated carbocycles. The zero-order chi connectivity index (χ0) is 22.2. The van der Waals surface area contributed by atoms with Gasteiger partial charge >= 0.3 is 0 Å². The maximum atomic E-state index is 13.1. The molecule has 4 aromatic heterocycles. The Morgan fingerprint density at radius 3 is 2.34 bits per heavy atom. The highest BCUT2D eigenvalue weighted by atomic mass is 32.1. The molecule has 0 aromatic carbocycles. The van der Waals surface area contributed by atoms with Crippen LogP contribution >= 0.6 is 11.3 Å². The van der Waals surface area contributed by atoms with Crippen molar-refractivity contribution in [1.29, 1.82) is 0 Å². The zero-order valence-corrected chi connectivity index (χ0v) is 19.1. The summed E-state index contributed by atoms with van der Waals surface area (Å²) in [5.74, 6) is 1.52. The second kappa shape index (κ2) is 8.19. The lowest BCUT2D eigenvalue weighted by Gasteiger charge is -2.35. The molecule has 1 aliphatic rings. The third-order valence-electron chi connectivity index (χ3n) is 5.63. The van der Waals surface area contributed by atoms with Gasteiger partial charge in [-0.1, -0.05) is 6.07 Å². The Hall–Kier alpha value is -3.53. The number of aryl methyl sites for hydroxylation is 3. The van der Waals surface area contributed by atoms with Crippen LogP contribution in [0, 0.1) is 13.8 Å². The second-order valence-electron chi connectivity index (χ2n) is 7.88. The summed E-state index contributed by atoms with van der Waals surface area (Å²) in [6.45, 7) is 6.61. The lowest BCUT2D eigenvalue weighted by atomic mass is 10.2. The normalized spacial score (nSPS) is 14.2. The Morgan fingerprint density at radius 2 is 1.72 bits per heavy atom. The maximum absolute atomic E-state index is 13.1. The molecule has 0 unspecified atom stereocenters. The van der Waals surface area contributed by atoms with Gasteiger partial charge < -0.3 is 9.80 Å². The molecule has 9 nitrogen and oxygen atoms in total. The summed E-state index contributed by atoms with van der Waals surface area (Å²) in [5.41, 5.74) is 3.41. The molecule has 164 valence electrons. The van der Waals surface area contributed by atoms with E-state index in [9.17, 15) is 4.79 Å². The molecule has 4 aromatic rings. The molecule has 5 rings (SSSR count). The van der Waals surface area contributed by atoms with E-state index in [1.165, 1.54) is 0 Å². The van der Waals surface area contributed by atoms with Gasteiger partial charge in [0.15, 0.2) is 11.6 Å². The van der Waals surface area contributed by atoms with Crippen molar-refractivity contribution in [3.63, 3.8) is 0 Å². The predicted molar refractivity (Wildman–Crippen MR) is 123 cm³/mol. The van der Waals surface area contributed by atoms with Gasteiger partial charge in [-0.2, -0.15) is 10.2 Å². The Bertz CT molecular complexity index is 1230. The van der Waals surface area contributed by atoms with E-state index in [2.05, 4.69) is 25.3 Å². The van der Waals surface area contributed by atoms with Crippen molar-refractivity contribution in [3.8, 4) is 16.4 Å². The van der Waals surface area contributed by atoms with Crippen molar-refractivity contribution in [1.82, 2.24) is 34.7 Å². The van der Waals surface area contributed by atoms with Crippen LogP contribution in [0.1, 0.15) is 21.9 Å². The molecule has 1 saturated heterocycles. The van der Waals surface area contributed by atoms with Crippen LogP contribution in [0.2, 0.25) is 0 Å². The summed E-state index contributed by atoms with van der Waals surface area (Å²) >= 11 is 1.62. The highest BCUT2D eigenvalue weighted by molar-refractivity contribution is 7.13. The van der Waals surface area contributed by atoms with Crippen LogP contribution in [0.4, 0.5) is 5.82 Å². The predicted octanol–water partition coefficient (Wildman–Crippen LogP) is 2.70. The van der Waals surface area contributed by atoms with Crippen molar-refractivity contribution in [2.75, 3.05) is 31.1 Å². The Balaban J connectivity index is 1.24. The quantitative estimate of drug-likeness (QED) is 0.477. The van der Waals surface area contributed by atoms with Crippen molar-refractivity contribution >= 4 is 23.1 Å². The molecule has 0 N–H and O–H groups in total. The molecular formula is C22H24N8OS. The van der Waals surface area contributed by atoms with Crippen LogP contribution in [0.3, 0.4) is 0 Å². The van der Waals surface area contributed by atoms with Crippen LogP contribution in [0.15, 0.2) is 41.8 Å². The van der Waals surface area contributed by atoms with Gasteiger partial charge in [0.25, 0.3) is 5.91 Å². The molecule has 0 radical (unpaired) electrons. The molecule has 0 bridgehead atoms. The van der Waals surface area contributed by atoms with E-state index in [1.54, 1.807) is 20.7 Å². The molecule has 5 heterocycles. The SMILES string of the molecule is Cc1cc(C)n(-c2ccc(N3CCN(C(=O)c4cc(-c5cccs5)nn4C)CC3)nn2)n1. The largest absolute Gasteiger partial charge is 0.352 e. The standard InChI is InChI=1S/C22H24N8OS/c1-15-13-16(2)30(25-15)21-7-6-20(23-24-21)28-8-10-29(11-9-28)22(31)18-14-17(26-27(18)3)19-5-4-12-32-19/h4-7,12-14H,8-11H2,1-3H3. The number of rotatable bonds is 4. The molecule has 1 amide bonds. The van der Waals surface area contributed by atoms with E-state index in [-0.39, 0.29) is 5.91 Å². The summed E-state index contributed by atoms with van der Waals surface area (Å²) in [6, 6.07) is 11.8. The molecule has 0 spiro atoms. The van der Waals surface area contributed by atoms with Gasteiger partial charge in [-0.15, -0.1) is 21.5 Å². The minimum absolute atomic E-state index is 0.00779. The van der Waals surface area contributed by atoms with Crippen LogP contribution in [-0.4, -0.2) is 66.7 Å². The molecule has 32 heavy (non-hydrogen) atoms. The number of carbonyl (C=O) groups excluding carboxylic acids is 1. The summed E-state index contributed by atoms with van der Waals surface area (Å²) in [6.07, 6.45) is 0. The Kier molecular flexibility index (Phi) is 5.22. The van der Waals surface area contributed by atoms with E-state index >= 15 is 0 Å². The number of piperazine rings is 1. The highest BCUT2D eigenvalue weighted by Gasteiger charge is 2.26. The van der Waals surface area contributed by atoms with E-state index < -0.39 is 0 Å². The second-order valence-corrected chi connectivity index (χ2v) is 8.83. The number of nitrogens with zero attached hydrogens (tertiary/aromatic N) is 8. The number of hydrogen-bond acceptors (Lipinski definition) is 7. The number of carbonyl (C=O) groups is 1. The highest BCUT2D eigenvalue weighted by Crippen LogP contribution is 2.25. The summed E-state index contributed by atoms with van der Waals surface area (Å²) in [4.78, 5) is 18.2. The first-order valence-corrected chi connectivity index (χ1v) is 11.4. The fourth-order valence-corrected chi connectivity index (χ4v) is 4.65. The maximum Gasteiger partial charge on any atom is 0.272 e. The van der Waals surface area contributed by atoms with Crippen molar-refractivity contribution in [3.05, 3.63) is 58.9 Å². The fourth-order valence-electron chi connectivity index (χ4n) is 3.97. The van der Waals surface area contributed by atoms with Crippen LogP contribution in [0.25, 0.3) is 16.4 Å². The van der Waals surface area contributed by atoms with Gasteiger partial charge in [-0.3, -0.25) is 9.48 Å². The van der Waals surface area contributed by atoms with Crippen LogP contribution in [0.5, 0.6) is 0 Å². The third-order valence-corrected chi connectivity index (χ3v) is 6.52. The number of thiophene rings is 1. The van der Waals surface area contributed by atoms with Gasteiger partial charge in [0, 0.05) is 38.9 Å². The van der Waals surface area contributed by atoms with Crippen molar-refractivity contribution in [2.24, 2.45) is 7.05 Å². The molecule has 0 atom stereocenters. The van der Waals surface area contributed by atoms with Gasteiger partial charge in [0.1, 0.15) is 11.4 Å². The summed E-state index contributed by atoms with van der Waals surface area (Å²) in [7, 11) is 1.82. The van der Waals surface area contributed by atoms with Crippen molar-refractivity contribution < 1.29 is 4.79 Å². The molecule has 1 fully saturated rings. The monoisotopic (exact) mass is 448 g/mol. The average molecular weight is 449 g/mol. The lowest BCUT2D eigenvalue weighted by molar-refractivity contribution is 0.0735. The number of hydrogen-bond donors (Lipinski definition) is 0. The molecule has 1 aliphatic heterocycles. The topological polar surface area (TPSA) is 85.0 Å². The van der Waals surface area contributed by atoms with E-state index in [4.69, 9.17) is 0 Å². The van der Waals surface area contributed by atoms with Crippen LogP contribution < -0.4 is 4.90 Å². The van der Waals surface area contributed by atoms with Crippen molar-refractivity contribution in [2.45, 2.75) is 13.8 Å². The first-order chi connectivity index (χ1) is 15.5. The average Bonchev–Trinajstić information content (AvgIpc) is 3.54. The van der Waals surface area contributed by atoms with E-state index in [0.29, 0.717) is 37.7 Å². The fraction of sp³-hybridized carbons (Fsp3) is 0.318. The first-order valence-electron chi connectivity index (χ1n) is 10.5. The Morgan fingerprint density at radius 1 is 0.969 bits per heavy atom. The van der Waals surface area contributed by atoms with E-state index in [0.717, 1.165) is 27.8 Å². The van der Waals surface area contributed by atoms with Gasteiger partial charge in [0.2, 0.25) is 0 Å². The number of amides is 1. The van der Waals surface area contributed by atoms with Gasteiger partial charge in [0.05, 0.1) is 10.6 Å².